The highest BCUT2D eigenvalue weighted by atomic mass is 19.4. The molecule has 0 N–H and O–H groups in total. The lowest BCUT2D eigenvalue weighted by Crippen LogP contribution is -2.40. The summed E-state index contributed by atoms with van der Waals surface area (Å²) < 4.78 is 45.9. The topological polar surface area (TPSA) is 82.9 Å². The van der Waals surface area contributed by atoms with Gasteiger partial charge in [-0.15, -0.1) is 0 Å². The molecular formula is C17H15F3N4O3. The number of nitrogens with zero attached hydrogens (tertiary/aromatic N) is 4. The van der Waals surface area contributed by atoms with Crippen molar-refractivity contribution in [2.75, 3.05) is 0 Å². The maximum Gasteiger partial charge on any atom is 0.433 e. The smallest absolute Gasteiger partial charge is 0.361 e. The largest absolute Gasteiger partial charge is 0.433 e. The van der Waals surface area contributed by atoms with Crippen LogP contribution in [-0.2, 0) is 32.6 Å². The molecule has 1 aliphatic rings. The molecule has 0 bridgehead atoms. The van der Waals surface area contributed by atoms with Crippen molar-refractivity contribution in [2.45, 2.75) is 38.4 Å². The van der Waals surface area contributed by atoms with Crippen molar-refractivity contribution in [2.24, 2.45) is 7.05 Å². The first-order valence-corrected chi connectivity index (χ1v) is 8.41. The minimum Gasteiger partial charge on any atom is -0.361 e. The van der Waals surface area contributed by atoms with Gasteiger partial charge in [0.2, 0.25) is 0 Å². The lowest BCUT2D eigenvalue weighted by Gasteiger charge is -2.13. The summed E-state index contributed by atoms with van der Waals surface area (Å²) in [5.41, 5.74) is -1.52. The molecule has 10 heteroatoms. The fraction of sp³-hybridized carbons (Fsp3) is 0.412. The van der Waals surface area contributed by atoms with Crippen LogP contribution in [0.2, 0.25) is 0 Å². The number of aromatic nitrogens is 4. The second-order valence-electron chi connectivity index (χ2n) is 6.54. The molecule has 0 aliphatic heterocycles. The van der Waals surface area contributed by atoms with E-state index in [9.17, 15) is 22.8 Å². The number of alkyl halides is 3. The number of pyridine rings is 1. The van der Waals surface area contributed by atoms with Crippen LogP contribution in [0.4, 0.5) is 13.2 Å². The summed E-state index contributed by atoms with van der Waals surface area (Å²) >= 11 is 0. The molecular weight excluding hydrogens is 365 g/mol. The molecule has 0 radical (unpaired) electrons. The van der Waals surface area contributed by atoms with E-state index in [1.165, 1.54) is 7.05 Å². The predicted molar refractivity (Wildman–Crippen MR) is 88.5 cm³/mol. The van der Waals surface area contributed by atoms with Crippen molar-refractivity contribution in [1.29, 1.82) is 0 Å². The van der Waals surface area contributed by atoms with Gasteiger partial charge in [0.05, 0.1) is 11.9 Å². The molecule has 0 aromatic carbocycles. The Hall–Kier alpha value is -2.91. The van der Waals surface area contributed by atoms with Gasteiger partial charge in [-0.3, -0.25) is 13.9 Å². The summed E-state index contributed by atoms with van der Waals surface area (Å²) in [6, 6.07) is 1.78. The highest BCUT2D eigenvalue weighted by Gasteiger charge is 2.33. The van der Waals surface area contributed by atoms with Crippen molar-refractivity contribution >= 4 is 11.0 Å². The molecule has 0 saturated heterocycles. The first-order chi connectivity index (χ1) is 12.8. The van der Waals surface area contributed by atoms with Gasteiger partial charge in [-0.05, 0) is 31.4 Å². The molecule has 0 fully saturated rings. The van der Waals surface area contributed by atoms with E-state index in [1.807, 2.05) is 0 Å². The molecule has 0 saturated carbocycles. The Morgan fingerprint density at radius 2 is 1.93 bits per heavy atom. The number of rotatable bonds is 2. The van der Waals surface area contributed by atoms with Crippen molar-refractivity contribution in [1.82, 2.24) is 19.3 Å². The monoisotopic (exact) mass is 380 g/mol. The SMILES string of the molecule is Cn1c(=O)n(Cc2noc3c2CCCC3)c(=O)c2ccc(C(F)(F)F)nc21. The number of hydrogen-bond donors (Lipinski definition) is 0. The molecule has 0 atom stereocenters. The Morgan fingerprint density at radius 1 is 1.19 bits per heavy atom. The van der Waals surface area contributed by atoms with Crippen LogP contribution in [0, 0.1) is 0 Å². The van der Waals surface area contributed by atoms with Gasteiger partial charge in [0.15, 0.2) is 0 Å². The van der Waals surface area contributed by atoms with Gasteiger partial charge in [-0.2, -0.15) is 13.2 Å². The van der Waals surface area contributed by atoms with Crippen LogP contribution in [0.3, 0.4) is 0 Å². The molecule has 7 nitrogen and oxygen atoms in total. The number of halogens is 3. The van der Waals surface area contributed by atoms with E-state index in [2.05, 4.69) is 10.1 Å². The summed E-state index contributed by atoms with van der Waals surface area (Å²) in [5.74, 6) is 0.762. The fourth-order valence-electron chi connectivity index (χ4n) is 3.40. The Labute approximate surface area is 150 Å². The second kappa shape index (κ2) is 6.07. The van der Waals surface area contributed by atoms with Crippen LogP contribution in [0.15, 0.2) is 26.2 Å². The second-order valence-corrected chi connectivity index (χ2v) is 6.54. The first-order valence-electron chi connectivity index (χ1n) is 8.41. The molecule has 3 aromatic heterocycles. The zero-order chi connectivity index (χ0) is 19.3. The van der Waals surface area contributed by atoms with E-state index in [1.54, 1.807) is 0 Å². The first kappa shape index (κ1) is 17.5. The van der Waals surface area contributed by atoms with E-state index >= 15 is 0 Å². The molecule has 0 spiro atoms. The summed E-state index contributed by atoms with van der Waals surface area (Å²) in [6.45, 7) is -0.0959. The Morgan fingerprint density at radius 3 is 2.67 bits per heavy atom. The Kier molecular flexibility index (Phi) is 3.93. The van der Waals surface area contributed by atoms with Gasteiger partial charge in [-0.25, -0.2) is 9.78 Å². The van der Waals surface area contributed by atoms with Crippen LogP contribution >= 0.6 is 0 Å². The van der Waals surface area contributed by atoms with Gasteiger partial charge in [-0.1, -0.05) is 5.16 Å². The summed E-state index contributed by atoms with van der Waals surface area (Å²) in [7, 11) is 1.28. The summed E-state index contributed by atoms with van der Waals surface area (Å²) in [5, 5.41) is 3.92. The maximum atomic E-state index is 12.9. The fourth-order valence-corrected chi connectivity index (χ4v) is 3.40. The van der Waals surface area contributed by atoms with Crippen molar-refractivity contribution in [3.8, 4) is 0 Å². The van der Waals surface area contributed by atoms with Crippen LogP contribution in [0.1, 0.15) is 35.6 Å². The van der Waals surface area contributed by atoms with Crippen molar-refractivity contribution in [3.05, 3.63) is 55.7 Å². The van der Waals surface area contributed by atoms with Gasteiger partial charge in [0, 0.05) is 19.0 Å². The Balaban J connectivity index is 1.86. The molecule has 3 aromatic rings. The van der Waals surface area contributed by atoms with Crippen LogP contribution in [0.25, 0.3) is 11.0 Å². The number of hydrogen-bond acceptors (Lipinski definition) is 5. The third-order valence-electron chi connectivity index (χ3n) is 4.82. The van der Waals surface area contributed by atoms with E-state index in [4.69, 9.17) is 4.52 Å². The van der Waals surface area contributed by atoms with Gasteiger partial charge in [0.25, 0.3) is 5.56 Å². The van der Waals surface area contributed by atoms with Gasteiger partial charge < -0.3 is 4.52 Å². The molecule has 142 valence electrons. The van der Waals surface area contributed by atoms with Crippen molar-refractivity contribution < 1.29 is 17.7 Å². The van der Waals surface area contributed by atoms with Gasteiger partial charge >= 0.3 is 11.9 Å². The normalized spacial score (nSPS) is 14.5. The molecule has 27 heavy (non-hydrogen) atoms. The lowest BCUT2D eigenvalue weighted by atomic mass is 9.96. The molecule has 4 rings (SSSR count). The minimum absolute atomic E-state index is 0.0672. The number of aryl methyl sites for hydroxylation is 2. The number of fused-ring (bicyclic) bond motifs is 2. The average molecular weight is 380 g/mol. The molecule has 1 aliphatic carbocycles. The van der Waals surface area contributed by atoms with Gasteiger partial charge in [0.1, 0.15) is 22.8 Å². The lowest BCUT2D eigenvalue weighted by molar-refractivity contribution is -0.141. The summed E-state index contributed by atoms with van der Waals surface area (Å²) in [6.07, 6.45) is -1.19. The van der Waals surface area contributed by atoms with E-state index in [0.717, 1.165) is 58.3 Å². The quantitative estimate of drug-likeness (QED) is 0.679. The average Bonchev–Trinajstić information content (AvgIpc) is 3.05. The standard InChI is InChI=1S/C17H15F3N4O3/c1-23-14-10(6-7-13(21-14)17(18,19)20)15(25)24(16(23)26)8-11-9-4-2-3-5-12(9)27-22-11/h6-7H,2-5,8H2,1H3. The zero-order valence-corrected chi connectivity index (χ0v) is 14.3. The molecule has 0 unspecified atom stereocenters. The Bertz CT molecular complexity index is 1160. The molecule has 3 heterocycles. The minimum atomic E-state index is -4.67. The van der Waals surface area contributed by atoms with Crippen LogP contribution < -0.4 is 11.2 Å². The van der Waals surface area contributed by atoms with E-state index in [0.29, 0.717) is 5.69 Å². The van der Waals surface area contributed by atoms with Crippen LogP contribution in [0.5, 0.6) is 0 Å². The maximum absolute atomic E-state index is 12.9. The summed E-state index contributed by atoms with van der Waals surface area (Å²) in [4.78, 5) is 28.8. The van der Waals surface area contributed by atoms with E-state index < -0.39 is 23.1 Å². The predicted octanol–water partition coefficient (Wildman–Crippen LogP) is 2.03. The third-order valence-corrected chi connectivity index (χ3v) is 4.82. The third kappa shape index (κ3) is 2.84. The molecule has 0 amide bonds. The zero-order valence-electron chi connectivity index (χ0n) is 14.3. The van der Waals surface area contributed by atoms with Crippen molar-refractivity contribution in [3.63, 3.8) is 0 Å². The highest BCUT2D eigenvalue weighted by molar-refractivity contribution is 5.74. The van der Waals surface area contributed by atoms with E-state index in [-0.39, 0.29) is 17.6 Å². The highest BCUT2D eigenvalue weighted by Crippen LogP contribution is 2.28. The van der Waals surface area contributed by atoms with Crippen LogP contribution in [-0.4, -0.2) is 19.3 Å².